The standard InChI is InChI=1S/C19H19ClN2O4/c1-25-16-6-2-4-13-18(16)21-17(12-5-3-9-26-19(12)13)14-10-11(22(23)24)7-8-15(14)20/h2,4,6-8,10,12,17,19,21H,3,5,9H2,1H3. The fourth-order valence-electron chi connectivity index (χ4n) is 4.03. The summed E-state index contributed by atoms with van der Waals surface area (Å²) in [5.41, 5.74) is 2.68. The maximum absolute atomic E-state index is 11.2. The zero-order chi connectivity index (χ0) is 18.3. The fraction of sp³-hybridized carbons (Fsp3) is 0.368. The maximum Gasteiger partial charge on any atom is 0.269 e. The molecule has 1 saturated heterocycles. The second-order valence-corrected chi connectivity index (χ2v) is 7.01. The molecular weight excluding hydrogens is 356 g/mol. The zero-order valence-corrected chi connectivity index (χ0v) is 15.0. The minimum Gasteiger partial charge on any atom is -0.495 e. The third-order valence-electron chi connectivity index (χ3n) is 5.21. The molecule has 2 heterocycles. The molecule has 1 fully saturated rings. The third kappa shape index (κ3) is 2.79. The number of rotatable bonds is 3. The Hall–Kier alpha value is -2.31. The van der Waals surface area contributed by atoms with Crippen LogP contribution in [0.5, 0.6) is 5.75 Å². The lowest BCUT2D eigenvalue weighted by Gasteiger charge is -2.43. The van der Waals surface area contributed by atoms with E-state index in [1.54, 1.807) is 19.2 Å². The number of methoxy groups -OCH3 is 1. The summed E-state index contributed by atoms with van der Waals surface area (Å²) < 4.78 is 11.6. The van der Waals surface area contributed by atoms with Gasteiger partial charge in [0.15, 0.2) is 0 Å². The molecule has 2 aliphatic heterocycles. The van der Waals surface area contributed by atoms with Crippen LogP contribution in [-0.4, -0.2) is 18.6 Å². The van der Waals surface area contributed by atoms with Crippen molar-refractivity contribution in [1.82, 2.24) is 0 Å². The number of benzene rings is 2. The van der Waals surface area contributed by atoms with Crippen molar-refractivity contribution in [2.24, 2.45) is 5.92 Å². The average molecular weight is 375 g/mol. The first kappa shape index (κ1) is 17.1. The number of halogens is 1. The Labute approximate surface area is 156 Å². The van der Waals surface area contributed by atoms with Gasteiger partial charge in [0.25, 0.3) is 5.69 Å². The van der Waals surface area contributed by atoms with Gasteiger partial charge in [-0.25, -0.2) is 0 Å². The minimum absolute atomic E-state index is 0.0327. The second kappa shape index (κ2) is 6.78. The molecule has 6 nitrogen and oxygen atoms in total. The van der Waals surface area contributed by atoms with Gasteiger partial charge in [-0.1, -0.05) is 23.7 Å². The average Bonchev–Trinajstić information content (AvgIpc) is 2.67. The first-order valence-electron chi connectivity index (χ1n) is 8.59. The van der Waals surface area contributed by atoms with Crippen LogP contribution in [0.1, 0.15) is 36.1 Å². The Kier molecular flexibility index (Phi) is 4.46. The number of fused-ring (bicyclic) bond motifs is 3. The lowest BCUT2D eigenvalue weighted by molar-refractivity contribution is -0.384. The van der Waals surface area contributed by atoms with Crippen LogP contribution in [0.2, 0.25) is 5.02 Å². The maximum atomic E-state index is 11.2. The van der Waals surface area contributed by atoms with Crippen LogP contribution >= 0.6 is 11.6 Å². The molecule has 2 aliphatic rings. The van der Waals surface area contributed by atoms with Crippen molar-refractivity contribution in [1.29, 1.82) is 0 Å². The van der Waals surface area contributed by atoms with Crippen molar-refractivity contribution < 1.29 is 14.4 Å². The molecule has 26 heavy (non-hydrogen) atoms. The molecular formula is C19H19ClN2O4. The number of hydrogen-bond donors (Lipinski definition) is 1. The largest absolute Gasteiger partial charge is 0.495 e. The summed E-state index contributed by atoms with van der Waals surface area (Å²) >= 11 is 6.43. The van der Waals surface area contributed by atoms with Crippen LogP contribution in [0.15, 0.2) is 36.4 Å². The van der Waals surface area contributed by atoms with E-state index in [2.05, 4.69) is 5.32 Å². The molecule has 7 heteroatoms. The van der Waals surface area contributed by atoms with Crippen LogP contribution in [0.25, 0.3) is 0 Å². The summed E-state index contributed by atoms with van der Waals surface area (Å²) in [5.74, 6) is 0.865. The molecule has 2 aromatic rings. The van der Waals surface area contributed by atoms with Crippen LogP contribution in [-0.2, 0) is 4.74 Å². The van der Waals surface area contributed by atoms with Gasteiger partial charge in [0.05, 0.1) is 29.9 Å². The van der Waals surface area contributed by atoms with Gasteiger partial charge in [-0.05, 0) is 25.0 Å². The first-order valence-corrected chi connectivity index (χ1v) is 8.97. The van der Waals surface area contributed by atoms with Gasteiger partial charge in [0, 0.05) is 40.8 Å². The van der Waals surface area contributed by atoms with Crippen LogP contribution in [0.3, 0.4) is 0 Å². The molecule has 4 rings (SSSR count). The summed E-state index contributed by atoms with van der Waals surface area (Å²) in [6.07, 6.45) is 1.82. The van der Waals surface area contributed by atoms with E-state index >= 15 is 0 Å². The lowest BCUT2D eigenvalue weighted by Crippen LogP contribution is -2.36. The van der Waals surface area contributed by atoms with Crippen molar-refractivity contribution in [3.05, 3.63) is 62.7 Å². The Morgan fingerprint density at radius 3 is 2.92 bits per heavy atom. The Morgan fingerprint density at radius 1 is 1.31 bits per heavy atom. The molecule has 0 aromatic heterocycles. The van der Waals surface area contributed by atoms with Gasteiger partial charge in [-0.2, -0.15) is 0 Å². The molecule has 0 saturated carbocycles. The highest BCUT2D eigenvalue weighted by Crippen LogP contribution is 2.52. The molecule has 2 aromatic carbocycles. The van der Waals surface area contributed by atoms with E-state index < -0.39 is 4.92 Å². The molecule has 0 bridgehead atoms. The number of nitro benzene ring substituents is 1. The van der Waals surface area contributed by atoms with E-state index in [1.165, 1.54) is 6.07 Å². The quantitative estimate of drug-likeness (QED) is 0.611. The highest BCUT2D eigenvalue weighted by atomic mass is 35.5. The highest BCUT2D eigenvalue weighted by Gasteiger charge is 2.41. The number of nitro groups is 1. The smallest absolute Gasteiger partial charge is 0.269 e. The Morgan fingerprint density at radius 2 is 2.15 bits per heavy atom. The predicted molar refractivity (Wildman–Crippen MR) is 98.9 cm³/mol. The first-order chi connectivity index (χ1) is 12.6. The van der Waals surface area contributed by atoms with Crippen LogP contribution in [0, 0.1) is 16.0 Å². The van der Waals surface area contributed by atoms with E-state index in [1.807, 2.05) is 18.2 Å². The summed E-state index contributed by atoms with van der Waals surface area (Å²) in [6.45, 7) is 0.702. The molecule has 0 radical (unpaired) electrons. The second-order valence-electron chi connectivity index (χ2n) is 6.61. The highest BCUT2D eigenvalue weighted by molar-refractivity contribution is 6.31. The molecule has 3 unspecified atom stereocenters. The van der Waals surface area contributed by atoms with Gasteiger partial charge in [-0.3, -0.25) is 10.1 Å². The summed E-state index contributed by atoms with van der Waals surface area (Å²) in [4.78, 5) is 10.8. The van der Waals surface area contributed by atoms with Crippen molar-refractivity contribution in [2.75, 3.05) is 19.0 Å². The van der Waals surface area contributed by atoms with Crippen LogP contribution in [0.4, 0.5) is 11.4 Å². The van der Waals surface area contributed by atoms with Crippen molar-refractivity contribution in [2.45, 2.75) is 25.0 Å². The number of ether oxygens (including phenoxy) is 2. The summed E-state index contributed by atoms with van der Waals surface area (Å²) in [5, 5.41) is 15.3. The van der Waals surface area contributed by atoms with Crippen LogP contribution < -0.4 is 10.1 Å². The number of para-hydroxylation sites is 1. The lowest BCUT2D eigenvalue weighted by atomic mass is 9.77. The van der Waals surface area contributed by atoms with Gasteiger partial charge < -0.3 is 14.8 Å². The molecule has 0 amide bonds. The van der Waals surface area contributed by atoms with E-state index in [4.69, 9.17) is 21.1 Å². The number of anilines is 1. The molecule has 0 aliphatic carbocycles. The van der Waals surface area contributed by atoms with Crippen molar-refractivity contribution in [3.8, 4) is 5.75 Å². The van der Waals surface area contributed by atoms with Gasteiger partial charge in [0.2, 0.25) is 0 Å². The third-order valence-corrected chi connectivity index (χ3v) is 5.55. The van der Waals surface area contributed by atoms with E-state index in [9.17, 15) is 10.1 Å². The van der Waals surface area contributed by atoms with Gasteiger partial charge in [0.1, 0.15) is 5.75 Å². The molecule has 3 atom stereocenters. The molecule has 1 N–H and O–H groups in total. The predicted octanol–water partition coefficient (Wildman–Crippen LogP) is 4.89. The number of nitrogens with one attached hydrogen (secondary N) is 1. The summed E-state index contributed by atoms with van der Waals surface area (Å²) in [7, 11) is 1.63. The SMILES string of the molecule is COc1cccc2c1NC(c1cc([N+](=O)[O-])ccc1Cl)C1CCCOC21. The summed E-state index contributed by atoms with van der Waals surface area (Å²) in [6, 6.07) is 10.3. The van der Waals surface area contributed by atoms with Crippen molar-refractivity contribution >= 4 is 23.0 Å². The van der Waals surface area contributed by atoms with E-state index in [0.29, 0.717) is 11.6 Å². The normalized spacial score (nSPS) is 24.2. The number of nitrogens with zero attached hydrogens (tertiary/aromatic N) is 1. The minimum atomic E-state index is -0.397. The number of hydrogen-bond acceptors (Lipinski definition) is 5. The Balaban J connectivity index is 1.84. The number of non-ortho nitro benzene ring substituents is 1. The van der Waals surface area contributed by atoms with E-state index in [-0.39, 0.29) is 23.8 Å². The Bertz CT molecular complexity index is 857. The van der Waals surface area contributed by atoms with Gasteiger partial charge in [-0.15, -0.1) is 0 Å². The van der Waals surface area contributed by atoms with Gasteiger partial charge >= 0.3 is 0 Å². The fourth-order valence-corrected chi connectivity index (χ4v) is 4.27. The molecule has 0 spiro atoms. The monoisotopic (exact) mass is 374 g/mol. The van der Waals surface area contributed by atoms with Crippen molar-refractivity contribution in [3.63, 3.8) is 0 Å². The molecule has 136 valence electrons. The topological polar surface area (TPSA) is 73.6 Å². The zero-order valence-electron chi connectivity index (χ0n) is 14.3. The van der Waals surface area contributed by atoms with E-state index in [0.717, 1.165) is 35.4 Å².